The van der Waals surface area contributed by atoms with E-state index in [9.17, 15) is 13.6 Å². The van der Waals surface area contributed by atoms with E-state index in [1.165, 1.54) is 30.2 Å². The van der Waals surface area contributed by atoms with E-state index in [-0.39, 0.29) is 24.6 Å². The van der Waals surface area contributed by atoms with Crippen molar-refractivity contribution in [2.75, 3.05) is 25.6 Å². The predicted molar refractivity (Wildman–Crippen MR) is 82.1 cm³/mol. The molecule has 2 aromatic carbocycles. The minimum atomic E-state index is -0.922. The van der Waals surface area contributed by atoms with E-state index in [0.717, 1.165) is 0 Å². The van der Waals surface area contributed by atoms with E-state index >= 15 is 0 Å². The molecule has 0 aliphatic carbocycles. The van der Waals surface area contributed by atoms with Gasteiger partial charge in [0.25, 0.3) is 5.91 Å². The van der Waals surface area contributed by atoms with E-state index < -0.39 is 17.8 Å². The fraction of sp³-hybridized carbons (Fsp3) is 0.235. The highest BCUT2D eigenvalue weighted by molar-refractivity contribution is 6.01. The zero-order valence-corrected chi connectivity index (χ0v) is 12.6. The summed E-state index contributed by atoms with van der Waals surface area (Å²) in [6, 6.07) is 10.6. The van der Waals surface area contributed by atoms with Gasteiger partial charge in [0.2, 0.25) is 0 Å². The first kappa shape index (κ1) is 15.4. The van der Waals surface area contributed by atoms with Crippen LogP contribution in [0.1, 0.15) is 22.1 Å². The first-order valence-electron chi connectivity index (χ1n) is 7.23. The Kier molecular flexibility index (Phi) is 4.25. The van der Waals surface area contributed by atoms with Crippen molar-refractivity contribution in [3.05, 3.63) is 65.2 Å². The van der Waals surface area contributed by atoms with Crippen molar-refractivity contribution < 1.29 is 18.3 Å². The van der Waals surface area contributed by atoms with Gasteiger partial charge in [-0.1, -0.05) is 18.2 Å². The number of rotatable bonds is 4. The number of ether oxygens (including phenoxy) is 1. The van der Waals surface area contributed by atoms with Crippen molar-refractivity contribution in [1.29, 1.82) is 0 Å². The number of carbonyl (C=O) groups excluding carboxylic acids is 1. The maximum absolute atomic E-state index is 14.2. The third-order valence-corrected chi connectivity index (χ3v) is 3.83. The first-order chi connectivity index (χ1) is 11.1. The van der Waals surface area contributed by atoms with E-state index in [1.807, 2.05) is 0 Å². The number of hydrogen-bond donors (Lipinski definition) is 1. The third-order valence-electron chi connectivity index (χ3n) is 3.83. The topological polar surface area (TPSA) is 41.6 Å². The highest BCUT2D eigenvalue weighted by Crippen LogP contribution is 2.34. The van der Waals surface area contributed by atoms with Gasteiger partial charge in [0.05, 0.1) is 17.7 Å². The van der Waals surface area contributed by atoms with Gasteiger partial charge in [-0.15, -0.1) is 0 Å². The second-order valence-corrected chi connectivity index (χ2v) is 5.22. The molecule has 0 saturated carbocycles. The number of methoxy groups -OCH3 is 1. The van der Waals surface area contributed by atoms with Crippen LogP contribution in [0.3, 0.4) is 0 Å². The molecule has 1 N–H and O–H groups in total. The van der Waals surface area contributed by atoms with Crippen LogP contribution in [0.5, 0.6) is 0 Å². The molecule has 0 aromatic heterocycles. The lowest BCUT2D eigenvalue weighted by atomic mass is 10.0. The van der Waals surface area contributed by atoms with Gasteiger partial charge in [-0.3, -0.25) is 4.79 Å². The number of carbonyl (C=O) groups is 1. The highest BCUT2D eigenvalue weighted by Gasteiger charge is 2.35. The van der Waals surface area contributed by atoms with Gasteiger partial charge in [0.1, 0.15) is 17.8 Å². The second kappa shape index (κ2) is 6.34. The molecule has 3 rings (SSSR count). The van der Waals surface area contributed by atoms with Gasteiger partial charge in [-0.2, -0.15) is 0 Å². The van der Waals surface area contributed by atoms with Crippen LogP contribution in [0.15, 0.2) is 42.5 Å². The molecule has 120 valence electrons. The molecule has 1 atom stereocenters. The zero-order chi connectivity index (χ0) is 16.4. The van der Waals surface area contributed by atoms with Gasteiger partial charge in [0.15, 0.2) is 0 Å². The van der Waals surface area contributed by atoms with Crippen molar-refractivity contribution in [2.45, 2.75) is 6.17 Å². The zero-order valence-electron chi connectivity index (χ0n) is 12.6. The summed E-state index contributed by atoms with van der Waals surface area (Å²) in [6.45, 7) is 0.483. The van der Waals surface area contributed by atoms with Crippen molar-refractivity contribution in [3.8, 4) is 0 Å². The minimum Gasteiger partial charge on any atom is -0.383 e. The molecule has 23 heavy (non-hydrogen) atoms. The second-order valence-electron chi connectivity index (χ2n) is 5.22. The largest absolute Gasteiger partial charge is 0.383 e. The summed E-state index contributed by atoms with van der Waals surface area (Å²) >= 11 is 0. The molecule has 0 fully saturated rings. The Labute approximate surface area is 132 Å². The summed E-state index contributed by atoms with van der Waals surface area (Å²) in [5, 5.41) is 3.05. The van der Waals surface area contributed by atoms with Crippen LogP contribution in [0.4, 0.5) is 14.5 Å². The SMILES string of the molecule is COCCN1C(=O)c2ccccc2N[C@@H]1c1c(F)cccc1F. The molecule has 4 nitrogen and oxygen atoms in total. The Balaban J connectivity index is 2.08. The van der Waals surface area contributed by atoms with Gasteiger partial charge in [-0.05, 0) is 24.3 Å². The Hall–Kier alpha value is -2.47. The number of nitrogens with one attached hydrogen (secondary N) is 1. The molecule has 1 amide bonds. The van der Waals surface area contributed by atoms with Crippen LogP contribution in [-0.4, -0.2) is 31.1 Å². The van der Waals surface area contributed by atoms with Crippen molar-refractivity contribution >= 4 is 11.6 Å². The van der Waals surface area contributed by atoms with E-state index in [2.05, 4.69) is 5.32 Å². The van der Waals surface area contributed by atoms with E-state index in [0.29, 0.717) is 11.3 Å². The molecule has 0 radical (unpaired) electrons. The first-order valence-corrected chi connectivity index (χ1v) is 7.23. The smallest absolute Gasteiger partial charge is 0.257 e. The fourth-order valence-corrected chi connectivity index (χ4v) is 2.71. The highest BCUT2D eigenvalue weighted by atomic mass is 19.1. The van der Waals surface area contributed by atoms with Gasteiger partial charge >= 0.3 is 0 Å². The van der Waals surface area contributed by atoms with Crippen LogP contribution in [0.25, 0.3) is 0 Å². The summed E-state index contributed by atoms with van der Waals surface area (Å²) in [5.74, 6) is -1.68. The molecule has 6 heteroatoms. The molecule has 0 unspecified atom stereocenters. The maximum atomic E-state index is 14.2. The Morgan fingerprint density at radius 2 is 1.83 bits per heavy atom. The summed E-state index contributed by atoms with van der Waals surface area (Å²) in [4.78, 5) is 14.1. The standard InChI is InChI=1S/C17H16F2N2O2/c1-23-10-9-21-16(15-12(18)6-4-7-13(15)19)20-14-8-3-2-5-11(14)17(21)22/h2-8,16,20H,9-10H2,1H3/t16-/m0/s1. The maximum Gasteiger partial charge on any atom is 0.257 e. The van der Waals surface area contributed by atoms with Crippen LogP contribution < -0.4 is 5.32 Å². The number of amides is 1. The summed E-state index contributed by atoms with van der Waals surface area (Å²) in [5.41, 5.74) is 0.849. The molecular weight excluding hydrogens is 302 g/mol. The monoisotopic (exact) mass is 318 g/mol. The minimum absolute atomic E-state index is 0.175. The van der Waals surface area contributed by atoms with Crippen molar-refractivity contribution in [1.82, 2.24) is 4.90 Å². The molecule has 0 spiro atoms. The molecule has 1 aliphatic heterocycles. The molecule has 1 aliphatic rings. The molecule has 0 bridgehead atoms. The number of hydrogen-bond acceptors (Lipinski definition) is 3. The number of para-hydroxylation sites is 1. The van der Waals surface area contributed by atoms with Crippen LogP contribution in [0, 0.1) is 11.6 Å². The quantitative estimate of drug-likeness (QED) is 0.941. The molecule has 1 heterocycles. The van der Waals surface area contributed by atoms with Gasteiger partial charge in [0, 0.05) is 19.3 Å². The van der Waals surface area contributed by atoms with Gasteiger partial charge < -0.3 is 15.0 Å². The fourth-order valence-electron chi connectivity index (χ4n) is 2.71. The average Bonchev–Trinajstić information content (AvgIpc) is 2.54. The Morgan fingerprint density at radius 1 is 1.13 bits per heavy atom. The lowest BCUT2D eigenvalue weighted by Crippen LogP contribution is -2.45. The van der Waals surface area contributed by atoms with Crippen LogP contribution in [0.2, 0.25) is 0 Å². The molecular formula is C17H16F2N2O2. The number of benzene rings is 2. The number of halogens is 2. The van der Waals surface area contributed by atoms with E-state index in [4.69, 9.17) is 4.74 Å². The summed E-state index contributed by atoms with van der Waals surface area (Å²) in [7, 11) is 1.51. The number of nitrogens with zero attached hydrogens (tertiary/aromatic N) is 1. The molecule has 0 saturated heterocycles. The van der Waals surface area contributed by atoms with Crippen LogP contribution >= 0.6 is 0 Å². The van der Waals surface area contributed by atoms with Crippen LogP contribution in [-0.2, 0) is 4.74 Å². The summed E-state index contributed by atoms with van der Waals surface area (Å²) in [6.07, 6.45) is -0.922. The Bertz CT molecular complexity index is 716. The van der Waals surface area contributed by atoms with Crippen molar-refractivity contribution in [3.63, 3.8) is 0 Å². The lowest BCUT2D eigenvalue weighted by Gasteiger charge is -2.38. The number of fused-ring (bicyclic) bond motifs is 1. The number of anilines is 1. The van der Waals surface area contributed by atoms with E-state index in [1.54, 1.807) is 24.3 Å². The molecule has 2 aromatic rings. The average molecular weight is 318 g/mol. The van der Waals surface area contributed by atoms with Crippen molar-refractivity contribution in [2.24, 2.45) is 0 Å². The summed E-state index contributed by atoms with van der Waals surface area (Å²) < 4.78 is 33.4. The predicted octanol–water partition coefficient (Wildman–Crippen LogP) is 3.18. The lowest BCUT2D eigenvalue weighted by molar-refractivity contribution is 0.0602. The Morgan fingerprint density at radius 3 is 2.52 bits per heavy atom. The van der Waals surface area contributed by atoms with Gasteiger partial charge in [-0.25, -0.2) is 8.78 Å². The normalized spacial score (nSPS) is 16.9. The third kappa shape index (κ3) is 2.77.